The van der Waals surface area contributed by atoms with Crippen molar-refractivity contribution in [3.8, 4) is 11.5 Å². The van der Waals surface area contributed by atoms with E-state index in [0.717, 1.165) is 22.9 Å². The lowest BCUT2D eigenvalue weighted by atomic mass is 10.2. The van der Waals surface area contributed by atoms with Gasteiger partial charge >= 0.3 is 11.8 Å². The van der Waals surface area contributed by atoms with Gasteiger partial charge in [0.15, 0.2) is 0 Å². The Kier molecular flexibility index (Phi) is 6.68. The van der Waals surface area contributed by atoms with Crippen LogP contribution in [-0.2, 0) is 9.59 Å². The molecule has 2 aliphatic rings. The van der Waals surface area contributed by atoms with Gasteiger partial charge in [-0.2, -0.15) is 0 Å². The van der Waals surface area contributed by atoms with Gasteiger partial charge in [-0.1, -0.05) is 24.3 Å². The molecule has 0 unspecified atom stereocenters. The van der Waals surface area contributed by atoms with Gasteiger partial charge in [0.2, 0.25) is 0 Å². The van der Waals surface area contributed by atoms with Crippen LogP contribution in [0.3, 0.4) is 0 Å². The van der Waals surface area contributed by atoms with E-state index in [1.165, 1.54) is 0 Å². The van der Waals surface area contributed by atoms with E-state index < -0.39 is 11.8 Å². The minimum Gasteiger partial charge on any atom is -0.495 e. The van der Waals surface area contributed by atoms with Crippen LogP contribution >= 0.6 is 0 Å². The highest BCUT2D eigenvalue weighted by Crippen LogP contribution is 2.29. The van der Waals surface area contributed by atoms with Gasteiger partial charge in [0.25, 0.3) is 0 Å². The SMILES string of the molecule is COc1ccccc1N1CCN(C(=O)C(=O)N2CCN(c3ccccc3OC)CC2)CC1. The molecule has 2 fully saturated rings. The third-order valence-electron chi connectivity index (χ3n) is 6.17. The monoisotopic (exact) mass is 438 g/mol. The quantitative estimate of drug-likeness (QED) is 0.677. The predicted octanol–water partition coefficient (Wildman–Crippen LogP) is 1.70. The Bertz CT molecular complexity index is 873. The second-order valence-corrected chi connectivity index (χ2v) is 7.90. The van der Waals surface area contributed by atoms with Crippen molar-refractivity contribution in [1.82, 2.24) is 9.80 Å². The summed E-state index contributed by atoms with van der Waals surface area (Å²) in [6.45, 7) is 4.74. The van der Waals surface area contributed by atoms with Gasteiger partial charge in [-0.25, -0.2) is 0 Å². The fraction of sp³-hybridized carbons (Fsp3) is 0.417. The third-order valence-corrected chi connectivity index (χ3v) is 6.17. The Morgan fingerprint density at radius 3 is 1.28 bits per heavy atom. The molecule has 0 atom stereocenters. The number of benzene rings is 2. The zero-order valence-electron chi connectivity index (χ0n) is 18.7. The Hall–Kier alpha value is -3.42. The summed E-state index contributed by atoms with van der Waals surface area (Å²) in [5, 5.41) is 0. The summed E-state index contributed by atoms with van der Waals surface area (Å²) in [6.07, 6.45) is 0. The lowest BCUT2D eigenvalue weighted by Gasteiger charge is -2.39. The number of amides is 2. The van der Waals surface area contributed by atoms with E-state index >= 15 is 0 Å². The highest BCUT2D eigenvalue weighted by molar-refractivity contribution is 6.35. The Balaban J connectivity index is 1.31. The summed E-state index contributed by atoms with van der Waals surface area (Å²) >= 11 is 0. The van der Waals surface area contributed by atoms with Crippen molar-refractivity contribution in [2.75, 3.05) is 76.4 Å². The van der Waals surface area contributed by atoms with Crippen molar-refractivity contribution in [2.45, 2.75) is 0 Å². The average Bonchev–Trinajstić information content (AvgIpc) is 2.88. The summed E-state index contributed by atoms with van der Waals surface area (Å²) in [5.41, 5.74) is 2.03. The molecule has 2 aromatic rings. The molecular formula is C24H30N4O4. The predicted molar refractivity (Wildman–Crippen MR) is 124 cm³/mol. The molecule has 4 rings (SSSR count). The molecule has 2 saturated heterocycles. The molecule has 0 spiro atoms. The number of nitrogens with zero attached hydrogens (tertiary/aromatic N) is 4. The maximum absolute atomic E-state index is 12.9. The molecule has 0 saturated carbocycles. The first-order valence-electron chi connectivity index (χ1n) is 11.0. The standard InChI is InChI=1S/C24H30N4O4/c1-31-21-9-5-3-7-19(21)25-11-15-27(16-12-25)23(29)24(30)28-17-13-26(14-18-28)20-8-4-6-10-22(20)32-2/h3-10H,11-18H2,1-2H3. The average molecular weight is 439 g/mol. The van der Waals surface area contributed by atoms with Crippen molar-refractivity contribution < 1.29 is 19.1 Å². The third kappa shape index (κ3) is 4.44. The number of methoxy groups -OCH3 is 2. The van der Waals surface area contributed by atoms with Crippen molar-refractivity contribution in [1.29, 1.82) is 0 Å². The number of rotatable bonds is 4. The number of piperazine rings is 2. The van der Waals surface area contributed by atoms with Crippen LogP contribution in [0.2, 0.25) is 0 Å². The van der Waals surface area contributed by atoms with Gasteiger partial charge in [0.05, 0.1) is 25.6 Å². The van der Waals surface area contributed by atoms with Crippen LogP contribution < -0.4 is 19.3 Å². The second kappa shape index (κ2) is 9.80. The first-order valence-corrected chi connectivity index (χ1v) is 11.0. The summed E-state index contributed by atoms with van der Waals surface area (Å²) in [7, 11) is 3.32. The minimum atomic E-state index is -0.407. The first-order chi connectivity index (χ1) is 15.6. The van der Waals surface area contributed by atoms with Crippen LogP contribution in [0.15, 0.2) is 48.5 Å². The normalized spacial score (nSPS) is 16.7. The molecule has 2 aromatic carbocycles. The number of hydrogen-bond acceptors (Lipinski definition) is 6. The van der Waals surface area contributed by atoms with Crippen LogP contribution in [-0.4, -0.2) is 88.2 Å². The van der Waals surface area contributed by atoms with Gasteiger partial charge in [-0.05, 0) is 24.3 Å². The first kappa shape index (κ1) is 21.8. The van der Waals surface area contributed by atoms with Gasteiger partial charge in [-0.15, -0.1) is 0 Å². The molecule has 8 heteroatoms. The zero-order valence-corrected chi connectivity index (χ0v) is 18.7. The molecule has 32 heavy (non-hydrogen) atoms. The fourth-order valence-electron chi connectivity index (χ4n) is 4.35. The van der Waals surface area contributed by atoms with Crippen molar-refractivity contribution in [3.63, 3.8) is 0 Å². The van der Waals surface area contributed by atoms with Crippen molar-refractivity contribution in [3.05, 3.63) is 48.5 Å². The maximum atomic E-state index is 12.9. The van der Waals surface area contributed by atoms with Gasteiger partial charge < -0.3 is 29.1 Å². The van der Waals surface area contributed by atoms with Crippen LogP contribution in [0.5, 0.6) is 11.5 Å². The van der Waals surface area contributed by atoms with Crippen molar-refractivity contribution >= 4 is 23.2 Å². The molecule has 0 N–H and O–H groups in total. The number of hydrogen-bond donors (Lipinski definition) is 0. The summed E-state index contributed by atoms with van der Waals surface area (Å²) in [6, 6.07) is 15.7. The number of carbonyl (C=O) groups is 2. The molecule has 0 bridgehead atoms. The van der Waals surface area contributed by atoms with E-state index in [4.69, 9.17) is 9.47 Å². The molecule has 0 aromatic heterocycles. The van der Waals surface area contributed by atoms with Crippen LogP contribution in [0, 0.1) is 0 Å². The largest absolute Gasteiger partial charge is 0.495 e. The minimum absolute atomic E-state index is 0.407. The molecule has 2 aliphatic heterocycles. The number of para-hydroxylation sites is 4. The molecule has 170 valence electrons. The smallest absolute Gasteiger partial charge is 0.312 e. The second-order valence-electron chi connectivity index (χ2n) is 7.90. The van der Waals surface area contributed by atoms with E-state index in [1.54, 1.807) is 24.0 Å². The zero-order chi connectivity index (χ0) is 22.5. The lowest BCUT2D eigenvalue weighted by Crippen LogP contribution is -2.56. The molecule has 8 nitrogen and oxygen atoms in total. The Labute approximate surface area is 188 Å². The molecule has 2 amide bonds. The lowest BCUT2D eigenvalue weighted by molar-refractivity contribution is -0.152. The van der Waals surface area contributed by atoms with E-state index in [2.05, 4.69) is 9.80 Å². The highest BCUT2D eigenvalue weighted by Gasteiger charge is 2.32. The number of anilines is 2. The summed E-state index contributed by atoms with van der Waals surface area (Å²) in [4.78, 5) is 33.5. The van der Waals surface area contributed by atoms with Crippen LogP contribution in [0.1, 0.15) is 0 Å². The molecule has 2 heterocycles. The van der Waals surface area contributed by atoms with Gasteiger partial charge in [0, 0.05) is 52.4 Å². The molecule has 0 radical (unpaired) electrons. The number of ether oxygens (including phenoxy) is 2. The fourth-order valence-corrected chi connectivity index (χ4v) is 4.35. The molecular weight excluding hydrogens is 408 g/mol. The topological polar surface area (TPSA) is 65.6 Å². The van der Waals surface area contributed by atoms with E-state index in [-0.39, 0.29) is 0 Å². The van der Waals surface area contributed by atoms with E-state index in [1.807, 2.05) is 48.5 Å². The number of carbonyl (C=O) groups excluding carboxylic acids is 2. The summed E-state index contributed by atoms with van der Waals surface area (Å²) < 4.78 is 10.9. The molecule has 0 aliphatic carbocycles. The Morgan fingerprint density at radius 1 is 0.594 bits per heavy atom. The van der Waals surface area contributed by atoms with Crippen molar-refractivity contribution in [2.24, 2.45) is 0 Å². The highest BCUT2D eigenvalue weighted by atomic mass is 16.5. The van der Waals surface area contributed by atoms with Crippen LogP contribution in [0.4, 0.5) is 11.4 Å². The van der Waals surface area contributed by atoms with E-state index in [0.29, 0.717) is 52.4 Å². The maximum Gasteiger partial charge on any atom is 0.312 e. The Morgan fingerprint density at radius 2 is 0.938 bits per heavy atom. The van der Waals surface area contributed by atoms with E-state index in [9.17, 15) is 9.59 Å². The van der Waals surface area contributed by atoms with Gasteiger partial charge in [-0.3, -0.25) is 9.59 Å². The summed E-state index contributed by atoms with van der Waals surface area (Å²) in [5.74, 6) is 0.818. The van der Waals surface area contributed by atoms with Crippen LogP contribution in [0.25, 0.3) is 0 Å². The van der Waals surface area contributed by atoms with Gasteiger partial charge in [0.1, 0.15) is 11.5 Å².